The van der Waals surface area contributed by atoms with Crippen LogP contribution in [0.4, 0.5) is 4.39 Å². The molecule has 5 heteroatoms. The van der Waals surface area contributed by atoms with Crippen LogP contribution in [0.3, 0.4) is 0 Å². The second-order valence-electron chi connectivity index (χ2n) is 5.09. The average Bonchev–Trinajstić information content (AvgIpc) is 2.98. The normalized spacial score (nSPS) is 10.7. The van der Waals surface area contributed by atoms with Crippen molar-refractivity contribution in [3.8, 4) is 5.75 Å². The predicted octanol–water partition coefficient (Wildman–Crippen LogP) is 4.13. The van der Waals surface area contributed by atoms with Crippen molar-refractivity contribution < 1.29 is 13.9 Å². The van der Waals surface area contributed by atoms with Crippen LogP contribution in [-0.2, 0) is 11.3 Å². The Labute approximate surface area is 137 Å². The maximum atomic E-state index is 12.8. The molecule has 0 radical (unpaired) electrons. The average molecular weight is 329 g/mol. The molecule has 0 unspecified atom stereocenters. The molecule has 0 bridgehead atoms. The molecule has 3 rings (SSSR count). The molecule has 0 atom stereocenters. The van der Waals surface area contributed by atoms with E-state index in [1.54, 1.807) is 23.5 Å². The number of hydrogen-bond donors (Lipinski definition) is 1. The van der Waals surface area contributed by atoms with Gasteiger partial charge >= 0.3 is 0 Å². The van der Waals surface area contributed by atoms with Crippen LogP contribution in [0.15, 0.2) is 53.9 Å². The van der Waals surface area contributed by atoms with Gasteiger partial charge in [0, 0.05) is 11.2 Å². The first-order chi connectivity index (χ1) is 11.2. The number of halogens is 1. The largest absolute Gasteiger partial charge is 0.493 e. The molecular formula is C18H16FNO2S. The maximum absolute atomic E-state index is 12.8. The van der Waals surface area contributed by atoms with Crippen molar-refractivity contribution in [1.29, 1.82) is 0 Å². The van der Waals surface area contributed by atoms with Gasteiger partial charge in [0.25, 0.3) is 0 Å². The topological polar surface area (TPSA) is 38.3 Å². The minimum Gasteiger partial charge on any atom is -0.493 e. The van der Waals surface area contributed by atoms with E-state index < -0.39 is 0 Å². The van der Waals surface area contributed by atoms with Crippen LogP contribution in [0, 0.1) is 5.82 Å². The zero-order valence-electron chi connectivity index (χ0n) is 12.4. The van der Waals surface area contributed by atoms with Crippen molar-refractivity contribution in [3.05, 3.63) is 65.3 Å². The number of benzene rings is 2. The lowest BCUT2D eigenvalue weighted by Crippen LogP contribution is -2.24. The summed E-state index contributed by atoms with van der Waals surface area (Å²) in [5.41, 5.74) is 1.12. The molecule has 0 fully saturated rings. The summed E-state index contributed by atoms with van der Waals surface area (Å²) in [4.78, 5) is 11.9. The van der Waals surface area contributed by atoms with Gasteiger partial charge in [-0.15, -0.1) is 11.3 Å². The summed E-state index contributed by atoms with van der Waals surface area (Å²) in [6.45, 7) is 0.779. The predicted molar refractivity (Wildman–Crippen MR) is 90.2 cm³/mol. The van der Waals surface area contributed by atoms with Gasteiger partial charge in [0.15, 0.2) is 0 Å². The number of nitrogens with one attached hydrogen (secondary N) is 1. The summed E-state index contributed by atoms with van der Waals surface area (Å²) < 4.78 is 19.4. The minimum absolute atomic E-state index is 0.0672. The van der Waals surface area contributed by atoms with E-state index in [0.717, 1.165) is 5.56 Å². The molecule has 0 saturated heterocycles. The third-order valence-corrected chi connectivity index (χ3v) is 4.46. The molecule has 0 saturated carbocycles. The van der Waals surface area contributed by atoms with Gasteiger partial charge in [0.2, 0.25) is 5.91 Å². The highest BCUT2D eigenvalue weighted by atomic mass is 32.1. The number of fused-ring (bicyclic) bond motifs is 1. The Hall–Kier alpha value is -2.40. The molecule has 0 aliphatic heterocycles. The molecule has 1 amide bonds. The van der Waals surface area contributed by atoms with Gasteiger partial charge in [-0.1, -0.05) is 18.2 Å². The van der Waals surface area contributed by atoms with Crippen LogP contribution in [0.2, 0.25) is 0 Å². The maximum Gasteiger partial charge on any atom is 0.223 e. The Bertz CT molecular complexity index is 798. The van der Waals surface area contributed by atoms with Crippen LogP contribution in [0.1, 0.15) is 12.0 Å². The van der Waals surface area contributed by atoms with E-state index in [9.17, 15) is 9.18 Å². The third kappa shape index (κ3) is 4.07. The van der Waals surface area contributed by atoms with E-state index in [1.807, 2.05) is 12.1 Å². The number of carbonyl (C=O) groups excluding carboxylic acids is 1. The van der Waals surface area contributed by atoms with Gasteiger partial charge in [0.1, 0.15) is 11.6 Å². The summed E-state index contributed by atoms with van der Waals surface area (Å²) in [7, 11) is 0. The van der Waals surface area contributed by atoms with Crippen molar-refractivity contribution in [2.24, 2.45) is 0 Å². The minimum atomic E-state index is -0.307. The number of rotatable bonds is 6. The highest BCUT2D eigenvalue weighted by molar-refractivity contribution is 7.17. The molecule has 1 N–H and O–H groups in total. The third-order valence-electron chi connectivity index (χ3n) is 3.45. The Morgan fingerprint density at radius 2 is 1.91 bits per heavy atom. The standard InChI is InChI=1S/C18H16FNO2S/c19-14-5-7-15(8-6-14)22-10-9-18(21)20-11-13-12-23-17-4-2-1-3-16(13)17/h1-8,12H,9-11H2,(H,20,21). The number of amides is 1. The summed E-state index contributed by atoms with van der Waals surface area (Å²) >= 11 is 1.68. The van der Waals surface area contributed by atoms with E-state index in [0.29, 0.717) is 12.3 Å². The van der Waals surface area contributed by atoms with Crippen LogP contribution in [-0.4, -0.2) is 12.5 Å². The summed E-state index contributed by atoms with van der Waals surface area (Å²) in [5.74, 6) is 0.184. The van der Waals surface area contributed by atoms with E-state index in [2.05, 4.69) is 22.8 Å². The summed E-state index contributed by atoms with van der Waals surface area (Å²) in [6, 6.07) is 13.9. The van der Waals surface area contributed by atoms with Crippen molar-refractivity contribution in [2.75, 3.05) is 6.61 Å². The second-order valence-corrected chi connectivity index (χ2v) is 6.00. The van der Waals surface area contributed by atoms with Gasteiger partial charge < -0.3 is 10.1 Å². The Kier molecular flexibility index (Phi) is 4.88. The van der Waals surface area contributed by atoms with E-state index in [1.165, 1.54) is 22.2 Å². The van der Waals surface area contributed by atoms with Crippen LogP contribution in [0.25, 0.3) is 10.1 Å². The highest BCUT2D eigenvalue weighted by Crippen LogP contribution is 2.25. The Morgan fingerprint density at radius 1 is 1.13 bits per heavy atom. The quantitative estimate of drug-likeness (QED) is 0.738. The van der Waals surface area contributed by atoms with Crippen molar-refractivity contribution >= 4 is 27.3 Å². The zero-order valence-corrected chi connectivity index (χ0v) is 13.2. The first-order valence-electron chi connectivity index (χ1n) is 7.32. The molecule has 3 aromatic rings. The van der Waals surface area contributed by atoms with Crippen LogP contribution in [0.5, 0.6) is 5.75 Å². The van der Waals surface area contributed by atoms with Crippen molar-refractivity contribution in [3.63, 3.8) is 0 Å². The van der Waals surface area contributed by atoms with Crippen LogP contribution >= 0.6 is 11.3 Å². The summed E-state index contributed by atoms with van der Waals surface area (Å²) in [5, 5.41) is 6.15. The molecule has 1 heterocycles. The molecule has 23 heavy (non-hydrogen) atoms. The fraction of sp³-hybridized carbons (Fsp3) is 0.167. The second kappa shape index (κ2) is 7.24. The number of thiophene rings is 1. The van der Waals surface area contributed by atoms with Gasteiger partial charge in [-0.05, 0) is 46.7 Å². The summed E-state index contributed by atoms with van der Waals surface area (Å²) in [6.07, 6.45) is 0.263. The molecule has 118 valence electrons. The lowest BCUT2D eigenvalue weighted by Gasteiger charge is -2.07. The van der Waals surface area contributed by atoms with Crippen molar-refractivity contribution in [1.82, 2.24) is 5.32 Å². The molecule has 2 aromatic carbocycles. The Balaban J connectivity index is 1.45. The molecule has 0 aliphatic rings. The number of ether oxygens (including phenoxy) is 1. The first kappa shape index (κ1) is 15.5. The lowest BCUT2D eigenvalue weighted by molar-refractivity contribution is -0.121. The van der Waals surface area contributed by atoms with Gasteiger partial charge in [0.05, 0.1) is 13.0 Å². The van der Waals surface area contributed by atoms with E-state index in [-0.39, 0.29) is 24.8 Å². The fourth-order valence-corrected chi connectivity index (χ4v) is 3.21. The first-order valence-corrected chi connectivity index (χ1v) is 8.20. The lowest BCUT2D eigenvalue weighted by atomic mass is 10.2. The van der Waals surface area contributed by atoms with Crippen molar-refractivity contribution in [2.45, 2.75) is 13.0 Å². The van der Waals surface area contributed by atoms with Crippen LogP contribution < -0.4 is 10.1 Å². The fourth-order valence-electron chi connectivity index (χ4n) is 2.24. The molecular weight excluding hydrogens is 313 g/mol. The van der Waals surface area contributed by atoms with E-state index in [4.69, 9.17) is 4.74 Å². The Morgan fingerprint density at radius 3 is 2.74 bits per heavy atom. The van der Waals surface area contributed by atoms with Gasteiger partial charge in [-0.25, -0.2) is 4.39 Å². The molecule has 0 aliphatic carbocycles. The van der Waals surface area contributed by atoms with Gasteiger partial charge in [-0.3, -0.25) is 4.79 Å². The smallest absolute Gasteiger partial charge is 0.223 e. The zero-order chi connectivity index (χ0) is 16.1. The molecule has 3 nitrogen and oxygen atoms in total. The number of carbonyl (C=O) groups is 1. The van der Waals surface area contributed by atoms with E-state index >= 15 is 0 Å². The highest BCUT2D eigenvalue weighted by Gasteiger charge is 2.06. The SMILES string of the molecule is O=C(CCOc1ccc(F)cc1)NCc1csc2ccccc12. The molecule has 0 spiro atoms. The monoisotopic (exact) mass is 329 g/mol. The number of hydrogen-bond acceptors (Lipinski definition) is 3. The van der Waals surface area contributed by atoms with Gasteiger partial charge in [-0.2, -0.15) is 0 Å². The molecule has 1 aromatic heterocycles.